The van der Waals surface area contributed by atoms with Gasteiger partial charge in [-0.2, -0.15) is 0 Å². The van der Waals surface area contributed by atoms with E-state index < -0.39 is 21.9 Å². The minimum Gasteiger partial charge on any atom is -0.383 e. The number of fused-ring (bicyclic) bond motifs is 2. The quantitative estimate of drug-likeness (QED) is 0.420. The number of urea groups is 1. The first-order valence-corrected chi connectivity index (χ1v) is 12.6. The third-order valence-corrected chi connectivity index (χ3v) is 9.15. The molecule has 0 fully saturated rings. The number of thiol groups is 1. The lowest BCUT2D eigenvalue weighted by molar-refractivity contribution is 0.0781. The van der Waals surface area contributed by atoms with Gasteiger partial charge in [0, 0.05) is 5.69 Å². The van der Waals surface area contributed by atoms with Crippen molar-refractivity contribution in [3.8, 4) is 0 Å². The molecule has 4 rings (SSSR count). The first-order valence-electron chi connectivity index (χ1n) is 10.1. The summed E-state index contributed by atoms with van der Waals surface area (Å²) in [5.41, 5.74) is 5.05. The second kappa shape index (κ2) is 7.60. The number of nitrogens with one attached hydrogen (secondary N) is 1. The number of carbonyl (C=O) groups excluding carboxylic acids is 1. The number of rotatable bonds is 4. The number of nitrogens with two attached hydrogens (primary N) is 1. The number of carbonyl (C=O) groups is 1. The molecule has 30 heavy (non-hydrogen) atoms. The van der Waals surface area contributed by atoms with Gasteiger partial charge in [0.2, 0.25) is 0 Å². The van der Waals surface area contributed by atoms with E-state index in [-0.39, 0.29) is 4.21 Å². The van der Waals surface area contributed by atoms with E-state index in [0.717, 1.165) is 55.5 Å². The number of aromatic nitrogens is 1. The number of aliphatic hydroxyl groups is 1. The third-order valence-electron chi connectivity index (χ3n) is 5.56. The van der Waals surface area contributed by atoms with Gasteiger partial charge in [0.1, 0.15) is 14.8 Å². The standard InChI is InChI=1S/C20H27N5O3S2/c1-11-17(29-18(22-11)20(2,3)27)30(21,28)25-24-19(26)23-16-14-8-4-6-12(14)10-13-7-5-9-15(13)16/h10,27,30H,4-9H2,1-3H3,(H2,21,28)(H,23,26)/b25-24-. The molecular weight excluding hydrogens is 422 g/mol. The summed E-state index contributed by atoms with van der Waals surface area (Å²) in [6.07, 6.45) is 6.08. The van der Waals surface area contributed by atoms with Crippen LogP contribution in [0.1, 0.15) is 59.6 Å². The van der Waals surface area contributed by atoms with Crippen LogP contribution in [0.4, 0.5) is 10.5 Å². The Hall–Kier alpha value is -2.01. The second-order valence-electron chi connectivity index (χ2n) is 8.45. The fraction of sp³-hybridized carbons (Fsp3) is 0.500. The molecule has 4 N–H and O–H groups in total. The van der Waals surface area contributed by atoms with Gasteiger partial charge >= 0.3 is 6.03 Å². The molecule has 10 heteroatoms. The molecule has 1 aromatic carbocycles. The molecule has 0 spiro atoms. The Labute approximate surface area is 180 Å². The van der Waals surface area contributed by atoms with E-state index in [1.165, 1.54) is 22.3 Å². The monoisotopic (exact) mass is 449 g/mol. The summed E-state index contributed by atoms with van der Waals surface area (Å²) in [5.74, 6) is 0. The van der Waals surface area contributed by atoms with Crippen molar-refractivity contribution in [1.82, 2.24) is 4.98 Å². The highest BCUT2D eigenvalue weighted by Gasteiger charge is 2.27. The molecule has 162 valence electrons. The first-order chi connectivity index (χ1) is 14.1. The van der Waals surface area contributed by atoms with Crippen molar-refractivity contribution >= 4 is 33.4 Å². The average molecular weight is 450 g/mol. The predicted octanol–water partition coefficient (Wildman–Crippen LogP) is 3.50. The van der Waals surface area contributed by atoms with Crippen molar-refractivity contribution in [2.45, 2.75) is 69.1 Å². The van der Waals surface area contributed by atoms with E-state index in [0.29, 0.717) is 10.7 Å². The number of aryl methyl sites for hydroxylation is 3. The van der Waals surface area contributed by atoms with E-state index in [4.69, 9.17) is 5.14 Å². The van der Waals surface area contributed by atoms with Gasteiger partial charge in [-0.3, -0.25) is 5.14 Å². The van der Waals surface area contributed by atoms with Gasteiger partial charge in [-0.25, -0.2) is 14.0 Å². The van der Waals surface area contributed by atoms with Crippen LogP contribution in [0.25, 0.3) is 0 Å². The molecule has 2 aromatic rings. The topological polar surface area (TPSA) is 130 Å². The number of benzene rings is 1. The summed E-state index contributed by atoms with van der Waals surface area (Å²) >= 11 is 1.03. The zero-order valence-electron chi connectivity index (χ0n) is 17.4. The van der Waals surface area contributed by atoms with Crippen molar-refractivity contribution in [2.75, 3.05) is 5.32 Å². The van der Waals surface area contributed by atoms with E-state index >= 15 is 0 Å². The van der Waals surface area contributed by atoms with Gasteiger partial charge in [0.15, 0.2) is 0 Å². The molecular formula is C20H27N5O3S2. The van der Waals surface area contributed by atoms with E-state index in [1.807, 2.05) is 0 Å². The Morgan fingerprint density at radius 2 is 1.83 bits per heavy atom. The van der Waals surface area contributed by atoms with Crippen molar-refractivity contribution in [3.63, 3.8) is 0 Å². The number of hydrogen-bond donors (Lipinski definition) is 4. The Kier molecular flexibility index (Phi) is 5.38. The number of thiazole rings is 1. The fourth-order valence-corrected chi connectivity index (χ4v) is 6.70. The molecule has 0 atom stereocenters. The molecule has 0 bridgehead atoms. The van der Waals surface area contributed by atoms with Gasteiger partial charge in [-0.15, -0.1) is 11.3 Å². The van der Waals surface area contributed by atoms with Crippen LogP contribution in [0.3, 0.4) is 0 Å². The summed E-state index contributed by atoms with van der Waals surface area (Å²) in [4.78, 5) is 16.8. The minimum absolute atomic E-state index is 0.234. The van der Waals surface area contributed by atoms with E-state index in [9.17, 15) is 14.1 Å². The zero-order chi connectivity index (χ0) is 21.7. The van der Waals surface area contributed by atoms with Crippen LogP contribution >= 0.6 is 11.3 Å². The lowest BCUT2D eigenvalue weighted by Gasteiger charge is -2.15. The number of anilines is 1. The smallest absolute Gasteiger partial charge is 0.364 e. The van der Waals surface area contributed by atoms with E-state index in [2.05, 4.69) is 26.0 Å². The third kappa shape index (κ3) is 3.96. The average Bonchev–Trinajstić information content (AvgIpc) is 3.38. The highest BCUT2D eigenvalue weighted by atomic mass is 32.3. The fourth-order valence-electron chi connectivity index (χ4n) is 4.19. The van der Waals surface area contributed by atoms with Crippen LogP contribution in [-0.2, 0) is 41.6 Å². The number of amides is 2. The van der Waals surface area contributed by atoms with Gasteiger partial charge < -0.3 is 10.4 Å². The van der Waals surface area contributed by atoms with Gasteiger partial charge in [0.25, 0.3) is 0 Å². The van der Waals surface area contributed by atoms with Crippen molar-refractivity contribution in [3.05, 3.63) is 39.0 Å². The SMILES string of the molecule is Cc1nc(C(C)(C)O)sc1[SH](N)(=O)/N=N\C(=O)Nc1c2c(cc3c1CCC3)CCC2. The summed E-state index contributed by atoms with van der Waals surface area (Å²) in [5, 5.41) is 23.0. The summed E-state index contributed by atoms with van der Waals surface area (Å²) < 4.78 is 16.9. The zero-order valence-corrected chi connectivity index (χ0v) is 19.1. The molecule has 2 amide bonds. The normalized spacial score (nSPS) is 16.7. The largest absolute Gasteiger partial charge is 0.383 e. The molecule has 8 nitrogen and oxygen atoms in total. The van der Waals surface area contributed by atoms with Crippen LogP contribution in [0, 0.1) is 6.92 Å². The van der Waals surface area contributed by atoms with Crippen molar-refractivity contribution in [1.29, 1.82) is 0 Å². The molecule has 1 aromatic heterocycles. The first kappa shape index (κ1) is 21.2. The van der Waals surface area contributed by atoms with Gasteiger partial charge in [-0.1, -0.05) is 15.7 Å². The van der Waals surface area contributed by atoms with Crippen molar-refractivity contribution in [2.24, 2.45) is 14.8 Å². The molecule has 0 unspecified atom stereocenters. The van der Waals surface area contributed by atoms with Crippen LogP contribution in [0.5, 0.6) is 0 Å². The molecule has 1 heterocycles. The Morgan fingerprint density at radius 3 is 2.37 bits per heavy atom. The highest BCUT2D eigenvalue weighted by molar-refractivity contribution is 8.01. The summed E-state index contributed by atoms with van der Waals surface area (Å²) in [6.45, 7) is 4.82. The van der Waals surface area contributed by atoms with Crippen molar-refractivity contribution < 1.29 is 14.1 Å². The molecule has 0 saturated heterocycles. The molecule has 0 saturated carbocycles. The minimum atomic E-state index is -3.78. The highest BCUT2D eigenvalue weighted by Crippen LogP contribution is 2.39. The summed E-state index contributed by atoms with van der Waals surface area (Å²) in [6, 6.07) is 1.60. The molecule has 0 radical (unpaired) electrons. The van der Waals surface area contributed by atoms with Crippen LogP contribution in [0.2, 0.25) is 0 Å². The lowest BCUT2D eigenvalue weighted by atomic mass is 9.99. The van der Waals surface area contributed by atoms with Crippen LogP contribution < -0.4 is 10.5 Å². The second-order valence-corrected chi connectivity index (χ2v) is 11.6. The number of hydrogen-bond acceptors (Lipinski definition) is 5. The summed E-state index contributed by atoms with van der Waals surface area (Å²) in [7, 11) is -3.78. The maximum absolute atomic E-state index is 12.9. The predicted molar refractivity (Wildman–Crippen MR) is 118 cm³/mol. The maximum Gasteiger partial charge on any atom is 0.364 e. The number of nitrogens with zero attached hydrogens (tertiary/aromatic N) is 3. The Morgan fingerprint density at radius 1 is 1.23 bits per heavy atom. The van der Waals surface area contributed by atoms with E-state index in [1.54, 1.807) is 20.8 Å². The molecule has 0 aliphatic heterocycles. The molecule has 2 aliphatic rings. The van der Waals surface area contributed by atoms with Crippen LogP contribution in [-0.4, -0.2) is 20.3 Å². The lowest BCUT2D eigenvalue weighted by Crippen LogP contribution is -2.20. The van der Waals surface area contributed by atoms with Gasteiger partial charge in [-0.05, 0) is 81.5 Å². The maximum atomic E-state index is 12.9. The van der Waals surface area contributed by atoms with Gasteiger partial charge in [0.05, 0.1) is 16.0 Å². The Balaban J connectivity index is 1.57. The Bertz CT molecular complexity index is 1070. The van der Waals surface area contributed by atoms with Crippen LogP contribution in [0.15, 0.2) is 19.9 Å². The molecule has 2 aliphatic carbocycles.